The van der Waals surface area contributed by atoms with Gasteiger partial charge in [0.15, 0.2) is 0 Å². The molecule has 0 fully saturated rings. The number of halogens is 2. The molecule has 0 unspecified atom stereocenters. The minimum atomic E-state index is 0.167. The number of benzene rings is 6. The van der Waals surface area contributed by atoms with E-state index in [4.69, 9.17) is 23.2 Å². The Labute approximate surface area is 323 Å². The molecule has 0 radical (unpaired) electrons. The van der Waals surface area contributed by atoms with Gasteiger partial charge in [-0.3, -0.25) is 6.08 Å². The monoisotopic (exact) mass is 766 g/mol. The van der Waals surface area contributed by atoms with E-state index in [9.17, 15) is 0 Å². The quantitative estimate of drug-likeness (QED) is 0.154. The summed E-state index contributed by atoms with van der Waals surface area (Å²) in [6.45, 7) is 13.6. The summed E-state index contributed by atoms with van der Waals surface area (Å²) in [6.07, 6.45) is 11.0. The van der Waals surface area contributed by atoms with Gasteiger partial charge >= 0.3 is 166 Å². The standard InChI is InChI=1S/C21H12Cl2.C21H25.C5H5.Zr/c22-18-10-14-5-1-3-7-20(14)16(12-18)9-17-13-19(23)11-15-6-2-4-8-21(15)17;1-20(2,3)16-7-9-18-14(12-16)11-15-13-17(21(4,5)6)8-10-19(15)18;1-2-4-5-3-1;/h1-8,10-13H;7-10,12H,11H2,1-6H3;1-3H,4H2;/q;2*-1;+2. The second-order valence-electron chi connectivity index (χ2n) is 15.0. The first-order valence-corrected chi connectivity index (χ1v) is 19.1. The molecular formula is C47H42Cl2Zr. The fourth-order valence-corrected chi connectivity index (χ4v) is 7.94. The number of hydrogen-bond acceptors (Lipinski definition) is 0. The molecule has 3 heteroatoms. The maximum absolute atomic E-state index is 6.38. The minimum Gasteiger partial charge on any atom is -0.273 e. The second-order valence-corrected chi connectivity index (χ2v) is 17.1. The van der Waals surface area contributed by atoms with E-state index in [-0.39, 0.29) is 10.8 Å². The number of hydrogen-bond donors (Lipinski definition) is 0. The topological polar surface area (TPSA) is 0 Å². The Bertz CT molecular complexity index is 2120. The Morgan fingerprint density at radius 2 is 1.24 bits per heavy atom. The van der Waals surface area contributed by atoms with E-state index >= 15 is 0 Å². The summed E-state index contributed by atoms with van der Waals surface area (Å²) in [5, 5.41) is 6.28. The molecule has 0 saturated heterocycles. The first-order valence-electron chi connectivity index (χ1n) is 17.2. The molecule has 248 valence electrons. The van der Waals surface area contributed by atoms with Gasteiger partial charge in [0.05, 0.1) is 0 Å². The minimum absolute atomic E-state index is 0.167. The van der Waals surface area contributed by atoms with Crippen molar-refractivity contribution in [3.05, 3.63) is 177 Å². The molecule has 8 rings (SSSR count). The van der Waals surface area contributed by atoms with E-state index in [1.807, 2.05) is 36.4 Å². The largest absolute Gasteiger partial charge is 0.273 e. The maximum atomic E-state index is 6.38. The molecule has 6 aromatic carbocycles. The smallest absolute Gasteiger partial charge is 0.109 e. The van der Waals surface area contributed by atoms with Crippen LogP contribution < -0.4 is 0 Å². The van der Waals surface area contributed by atoms with Crippen LogP contribution in [0.15, 0.2) is 121 Å². The zero-order valence-corrected chi connectivity index (χ0v) is 33.7. The van der Waals surface area contributed by atoms with Crippen LogP contribution in [0.25, 0.3) is 32.7 Å². The Balaban J connectivity index is 0.000000153. The molecule has 2 aliphatic carbocycles. The van der Waals surface area contributed by atoms with E-state index in [1.54, 1.807) is 0 Å². The molecule has 0 spiro atoms. The third kappa shape index (κ3) is 8.23. The van der Waals surface area contributed by atoms with E-state index in [0.717, 1.165) is 33.7 Å². The van der Waals surface area contributed by atoms with Crippen LogP contribution in [0, 0.1) is 12.1 Å². The number of fused-ring (bicyclic) bond motifs is 5. The summed E-state index contributed by atoms with van der Waals surface area (Å²) in [4.78, 5) is 0. The van der Waals surface area contributed by atoms with Crippen LogP contribution in [0.5, 0.6) is 0 Å². The molecular weight excluding hydrogens is 727 g/mol. The van der Waals surface area contributed by atoms with Crippen molar-refractivity contribution in [2.45, 2.75) is 65.2 Å². The third-order valence-electron chi connectivity index (χ3n) is 9.24. The third-order valence-corrected chi connectivity index (χ3v) is 11.0. The normalized spacial score (nSPS) is 13.0. The number of rotatable bonds is 2. The van der Waals surface area contributed by atoms with Gasteiger partial charge in [0, 0.05) is 0 Å². The molecule has 0 atom stereocenters. The molecule has 0 nitrogen and oxygen atoms in total. The van der Waals surface area contributed by atoms with Gasteiger partial charge in [0.1, 0.15) is 0 Å². The van der Waals surface area contributed by atoms with Gasteiger partial charge in [0.2, 0.25) is 0 Å². The Morgan fingerprint density at radius 3 is 1.74 bits per heavy atom. The van der Waals surface area contributed by atoms with Gasteiger partial charge in [0.25, 0.3) is 0 Å². The number of allylic oxidation sites excluding steroid dienone is 4. The van der Waals surface area contributed by atoms with Crippen molar-refractivity contribution in [1.29, 1.82) is 0 Å². The molecule has 0 saturated carbocycles. The molecule has 2 aliphatic rings. The first kappa shape index (κ1) is 36.4. The van der Waals surface area contributed by atoms with Crippen LogP contribution in [0.3, 0.4) is 0 Å². The summed E-state index contributed by atoms with van der Waals surface area (Å²) in [6, 6.07) is 40.0. The molecule has 0 aromatic heterocycles. The van der Waals surface area contributed by atoms with Crippen LogP contribution in [0.1, 0.15) is 81.3 Å². The van der Waals surface area contributed by atoms with Gasteiger partial charge < -0.3 is 0 Å². The van der Waals surface area contributed by atoms with Crippen LogP contribution in [-0.4, -0.2) is 3.21 Å². The Morgan fingerprint density at radius 1 is 0.660 bits per heavy atom. The average molecular weight is 769 g/mol. The maximum Gasteiger partial charge on any atom is -0.109 e. The van der Waals surface area contributed by atoms with E-state index in [0.29, 0.717) is 0 Å². The van der Waals surface area contributed by atoms with Crippen molar-refractivity contribution in [3.8, 4) is 11.1 Å². The van der Waals surface area contributed by atoms with E-state index in [2.05, 4.69) is 139 Å². The summed E-state index contributed by atoms with van der Waals surface area (Å²) < 4.78 is 1.26. The summed E-state index contributed by atoms with van der Waals surface area (Å²) in [5.41, 5.74) is 11.1. The molecule has 0 aliphatic heterocycles. The van der Waals surface area contributed by atoms with E-state index < -0.39 is 0 Å². The molecule has 50 heavy (non-hydrogen) atoms. The van der Waals surface area contributed by atoms with E-state index in [1.165, 1.54) is 82.7 Å². The summed E-state index contributed by atoms with van der Waals surface area (Å²) in [7, 11) is 0. The van der Waals surface area contributed by atoms with Crippen molar-refractivity contribution in [2.24, 2.45) is 0 Å². The Hall–Kier alpha value is -3.35. The van der Waals surface area contributed by atoms with Gasteiger partial charge in [-0.25, -0.2) is 12.2 Å². The zero-order valence-electron chi connectivity index (χ0n) is 29.7. The van der Waals surface area contributed by atoms with Crippen LogP contribution >= 0.6 is 23.2 Å². The van der Waals surface area contributed by atoms with Crippen molar-refractivity contribution in [2.75, 3.05) is 0 Å². The zero-order chi connectivity index (χ0) is 35.6. The predicted octanol–water partition coefficient (Wildman–Crippen LogP) is 13.4. The van der Waals surface area contributed by atoms with Crippen molar-refractivity contribution >= 4 is 48.0 Å². The van der Waals surface area contributed by atoms with Crippen molar-refractivity contribution in [3.63, 3.8) is 0 Å². The van der Waals surface area contributed by atoms with Crippen LogP contribution in [0.4, 0.5) is 0 Å². The fraction of sp³-hybridized carbons (Fsp3) is 0.213. The fourth-order valence-electron chi connectivity index (χ4n) is 6.47. The molecule has 0 bridgehead atoms. The molecule has 0 heterocycles. The Kier molecular flexibility index (Phi) is 11.0. The predicted molar refractivity (Wildman–Crippen MR) is 214 cm³/mol. The van der Waals surface area contributed by atoms with Crippen LogP contribution in [-0.2, 0) is 41.5 Å². The molecule has 0 amide bonds. The van der Waals surface area contributed by atoms with Crippen molar-refractivity contribution in [1.82, 2.24) is 0 Å². The SMILES string of the molecule is CC(C)(C)c1[c-]c2c(cc1)-c1ccc(C(C)(C)C)cc1C2.Clc1cc([C](=[Zr+2])c2cc(Cl)cc3ccccc23)c2ccccc2c1.[C-]1=CC=CC1. The van der Waals surface area contributed by atoms with Crippen molar-refractivity contribution < 1.29 is 24.2 Å². The first-order chi connectivity index (χ1) is 23.8. The molecule has 6 aromatic rings. The van der Waals surface area contributed by atoms with Gasteiger partial charge in [-0.1, -0.05) is 65.3 Å². The summed E-state index contributed by atoms with van der Waals surface area (Å²) >= 11 is 14.1. The van der Waals surface area contributed by atoms with Gasteiger partial charge in [-0.05, 0) is 28.4 Å². The summed E-state index contributed by atoms with van der Waals surface area (Å²) in [5.74, 6) is 0. The van der Waals surface area contributed by atoms with Gasteiger partial charge in [-0.2, -0.15) is 29.8 Å². The van der Waals surface area contributed by atoms with Gasteiger partial charge in [-0.15, -0.1) is 17.5 Å². The van der Waals surface area contributed by atoms with Crippen LogP contribution in [0.2, 0.25) is 10.0 Å². The molecule has 0 N–H and O–H groups in total. The average Bonchev–Trinajstić information content (AvgIpc) is 3.78. The second kappa shape index (κ2) is 15.1.